The molecule has 1 aromatic heterocycles. The van der Waals surface area contributed by atoms with E-state index in [1.165, 1.54) is 0 Å². The summed E-state index contributed by atoms with van der Waals surface area (Å²) in [5.41, 5.74) is 7.04. The van der Waals surface area contributed by atoms with E-state index in [1.54, 1.807) is 11.3 Å². The maximum Gasteiger partial charge on any atom is 0.389 e. The first-order valence-electron chi connectivity index (χ1n) is 7.35. The molecule has 2 heterocycles. The van der Waals surface area contributed by atoms with Gasteiger partial charge in [-0.15, -0.1) is 11.3 Å². The Balaban J connectivity index is 2.05. The third-order valence-corrected chi connectivity index (χ3v) is 5.52. The van der Waals surface area contributed by atoms with Crippen molar-refractivity contribution in [1.82, 2.24) is 4.90 Å². The summed E-state index contributed by atoms with van der Waals surface area (Å²) >= 11 is 1.58. The number of likely N-dealkylation sites (tertiary alicyclic amines) is 1. The number of thiophene rings is 1. The molecule has 1 fully saturated rings. The van der Waals surface area contributed by atoms with Crippen molar-refractivity contribution in [3.8, 4) is 0 Å². The van der Waals surface area contributed by atoms with Gasteiger partial charge in [0.1, 0.15) is 0 Å². The molecule has 2 nitrogen and oxygen atoms in total. The van der Waals surface area contributed by atoms with Gasteiger partial charge in [0.05, 0.1) is 0 Å². The second-order valence-electron chi connectivity index (χ2n) is 6.05. The van der Waals surface area contributed by atoms with Crippen molar-refractivity contribution < 1.29 is 13.2 Å². The zero-order valence-corrected chi connectivity index (χ0v) is 13.1. The zero-order chi connectivity index (χ0) is 15.9. The highest BCUT2D eigenvalue weighted by Crippen LogP contribution is 2.43. The maximum atomic E-state index is 13.0. The third kappa shape index (κ3) is 3.00. The van der Waals surface area contributed by atoms with Crippen molar-refractivity contribution in [3.05, 3.63) is 35.2 Å². The van der Waals surface area contributed by atoms with E-state index in [2.05, 4.69) is 0 Å². The van der Waals surface area contributed by atoms with Gasteiger partial charge in [-0.3, -0.25) is 4.90 Å². The number of halogens is 3. The molecule has 1 aliphatic rings. The molecule has 1 aromatic carbocycles. The van der Waals surface area contributed by atoms with Crippen molar-refractivity contribution in [2.75, 3.05) is 13.6 Å². The molecule has 3 rings (SSSR count). The van der Waals surface area contributed by atoms with Crippen molar-refractivity contribution in [3.63, 3.8) is 0 Å². The molecule has 22 heavy (non-hydrogen) atoms. The summed E-state index contributed by atoms with van der Waals surface area (Å²) in [6, 6.07) is 7.16. The molecule has 1 aliphatic heterocycles. The molecule has 3 atom stereocenters. The Morgan fingerprint density at radius 3 is 2.82 bits per heavy atom. The summed E-state index contributed by atoms with van der Waals surface area (Å²) in [5.74, 6) is -0.605. The summed E-state index contributed by atoms with van der Waals surface area (Å²) in [4.78, 5) is 2.02. The Morgan fingerprint density at radius 1 is 1.32 bits per heavy atom. The second-order valence-corrected chi connectivity index (χ2v) is 6.96. The summed E-state index contributed by atoms with van der Waals surface area (Å²) in [6.07, 6.45) is -4.42. The molecule has 0 aliphatic carbocycles. The molecule has 0 amide bonds. The van der Waals surface area contributed by atoms with E-state index in [4.69, 9.17) is 5.73 Å². The van der Waals surface area contributed by atoms with E-state index in [-0.39, 0.29) is 6.04 Å². The van der Waals surface area contributed by atoms with Crippen LogP contribution >= 0.6 is 11.3 Å². The van der Waals surface area contributed by atoms with Crippen LogP contribution in [-0.4, -0.2) is 30.7 Å². The van der Waals surface area contributed by atoms with Crippen LogP contribution in [0.2, 0.25) is 0 Å². The molecule has 0 saturated carbocycles. The van der Waals surface area contributed by atoms with E-state index in [1.807, 2.05) is 41.6 Å². The molecular weight excluding hydrogens is 309 g/mol. The van der Waals surface area contributed by atoms with Crippen LogP contribution < -0.4 is 5.73 Å². The molecule has 2 N–H and O–H groups in total. The molecule has 3 unspecified atom stereocenters. The Bertz CT molecular complexity index is 652. The fourth-order valence-corrected chi connectivity index (χ4v) is 4.46. The third-order valence-electron chi connectivity index (χ3n) is 4.54. The maximum absolute atomic E-state index is 13.0. The van der Waals surface area contributed by atoms with Crippen LogP contribution in [0.25, 0.3) is 10.1 Å². The number of hydrogen-bond donors (Lipinski definition) is 1. The SMILES string of the molecule is CN1CCC(N)C(CC(F)(F)F)C1c1cccc2ccsc12. The molecule has 1 saturated heterocycles. The quantitative estimate of drug-likeness (QED) is 0.896. The van der Waals surface area contributed by atoms with Gasteiger partial charge in [0.2, 0.25) is 0 Å². The smallest absolute Gasteiger partial charge is 0.327 e. The van der Waals surface area contributed by atoms with Gasteiger partial charge >= 0.3 is 6.18 Å². The van der Waals surface area contributed by atoms with Crippen molar-refractivity contribution in [1.29, 1.82) is 0 Å². The summed E-state index contributed by atoms with van der Waals surface area (Å²) in [5, 5.41) is 3.07. The number of hydrogen-bond acceptors (Lipinski definition) is 3. The summed E-state index contributed by atoms with van der Waals surface area (Å²) < 4.78 is 40.1. The predicted molar refractivity (Wildman–Crippen MR) is 84.0 cm³/mol. The van der Waals surface area contributed by atoms with Crippen LogP contribution in [0.1, 0.15) is 24.4 Å². The van der Waals surface area contributed by atoms with Crippen molar-refractivity contribution in [2.45, 2.75) is 31.1 Å². The van der Waals surface area contributed by atoms with E-state index >= 15 is 0 Å². The number of nitrogens with two attached hydrogens (primary N) is 1. The monoisotopic (exact) mass is 328 g/mol. The van der Waals surface area contributed by atoms with Gasteiger partial charge < -0.3 is 5.73 Å². The van der Waals surface area contributed by atoms with E-state index in [9.17, 15) is 13.2 Å². The van der Waals surface area contributed by atoms with E-state index in [0.717, 1.165) is 22.2 Å². The average molecular weight is 328 g/mol. The van der Waals surface area contributed by atoms with Crippen molar-refractivity contribution >= 4 is 21.4 Å². The highest BCUT2D eigenvalue weighted by molar-refractivity contribution is 7.17. The standard InChI is InChI=1S/C16H19F3N2S/c1-21-7-5-13(20)12(9-16(17,18)19)14(21)11-4-2-3-10-6-8-22-15(10)11/h2-4,6,8,12-14H,5,7,9,20H2,1H3. The van der Waals surface area contributed by atoms with Gasteiger partial charge in [-0.2, -0.15) is 13.2 Å². The van der Waals surface area contributed by atoms with Crippen LogP contribution in [-0.2, 0) is 0 Å². The highest BCUT2D eigenvalue weighted by Gasteiger charge is 2.43. The highest BCUT2D eigenvalue weighted by atomic mass is 32.1. The lowest BCUT2D eigenvalue weighted by Gasteiger charge is -2.43. The summed E-state index contributed by atoms with van der Waals surface area (Å²) in [6.45, 7) is 0.724. The number of piperidine rings is 1. The fourth-order valence-electron chi connectivity index (χ4n) is 3.51. The molecule has 0 bridgehead atoms. The molecule has 0 spiro atoms. The van der Waals surface area contributed by atoms with Gasteiger partial charge in [-0.1, -0.05) is 18.2 Å². The Hall–Kier alpha value is -1.11. The normalized spacial score (nSPS) is 27.4. The molecule has 120 valence electrons. The van der Waals surface area contributed by atoms with E-state index in [0.29, 0.717) is 6.42 Å². The lowest BCUT2D eigenvalue weighted by molar-refractivity contribution is -0.154. The number of benzene rings is 1. The lowest BCUT2D eigenvalue weighted by atomic mass is 9.79. The minimum Gasteiger partial charge on any atom is -0.327 e. The molecule has 6 heteroatoms. The summed E-state index contributed by atoms with van der Waals surface area (Å²) in [7, 11) is 1.90. The van der Waals surface area contributed by atoms with Crippen LogP contribution in [0.15, 0.2) is 29.6 Å². The number of nitrogens with zero attached hydrogens (tertiary/aromatic N) is 1. The minimum atomic E-state index is -4.19. The second kappa shape index (κ2) is 5.83. The van der Waals surface area contributed by atoms with Crippen molar-refractivity contribution in [2.24, 2.45) is 11.7 Å². The van der Waals surface area contributed by atoms with E-state index < -0.39 is 24.6 Å². The van der Waals surface area contributed by atoms with Gasteiger partial charge in [0.15, 0.2) is 0 Å². The van der Waals surface area contributed by atoms with Gasteiger partial charge in [-0.05, 0) is 42.4 Å². The van der Waals surface area contributed by atoms with Crippen LogP contribution in [0, 0.1) is 5.92 Å². The van der Waals surface area contributed by atoms with Crippen LogP contribution in [0.4, 0.5) is 13.2 Å². The lowest BCUT2D eigenvalue weighted by Crippen LogP contribution is -2.49. The predicted octanol–water partition coefficient (Wildman–Crippen LogP) is 4.17. The van der Waals surface area contributed by atoms with Crippen LogP contribution in [0.3, 0.4) is 0 Å². The Morgan fingerprint density at radius 2 is 2.09 bits per heavy atom. The first-order chi connectivity index (χ1) is 10.4. The number of rotatable bonds is 2. The zero-order valence-electron chi connectivity index (χ0n) is 12.3. The Kier molecular flexibility index (Phi) is 4.18. The van der Waals surface area contributed by atoms with Gasteiger partial charge in [0.25, 0.3) is 0 Å². The topological polar surface area (TPSA) is 29.3 Å². The fraction of sp³-hybridized carbons (Fsp3) is 0.500. The number of fused-ring (bicyclic) bond motifs is 1. The number of alkyl halides is 3. The van der Waals surface area contributed by atoms with Gasteiger partial charge in [-0.25, -0.2) is 0 Å². The first kappa shape index (κ1) is 15.8. The van der Waals surface area contributed by atoms with Crippen LogP contribution in [0.5, 0.6) is 0 Å². The molecular formula is C16H19F3N2S. The molecule has 0 radical (unpaired) electrons. The molecule has 2 aromatic rings. The van der Waals surface area contributed by atoms with Gasteiger partial charge in [0, 0.05) is 29.1 Å². The first-order valence-corrected chi connectivity index (χ1v) is 8.23. The Labute approximate surface area is 131 Å². The largest absolute Gasteiger partial charge is 0.389 e. The average Bonchev–Trinajstić information content (AvgIpc) is 2.90. The minimum absolute atomic E-state index is 0.285.